The molecule has 6 rings (SSSR count). The Balaban J connectivity index is 1.31. The molecule has 34 heavy (non-hydrogen) atoms. The Bertz CT molecular complexity index is 1650. The van der Waals surface area contributed by atoms with E-state index in [0.717, 1.165) is 65.8 Å². The van der Waals surface area contributed by atoms with Gasteiger partial charge in [0.15, 0.2) is 0 Å². The molecule has 0 spiro atoms. The molecular weight excluding hydrogens is 436 g/mol. The molecule has 162 valence electrons. The smallest absolute Gasteiger partial charge is 0.0708 e. The molecule has 0 unspecified atom stereocenters. The molecular formula is C31H21ClN2. The summed E-state index contributed by atoms with van der Waals surface area (Å²) in [4.78, 5) is 9.35. The van der Waals surface area contributed by atoms with Crippen LogP contribution in [0.15, 0.2) is 109 Å². The van der Waals surface area contributed by atoms with Crippen molar-refractivity contribution < 1.29 is 0 Å². The molecule has 2 aromatic heterocycles. The number of benzene rings is 4. The van der Waals surface area contributed by atoms with Gasteiger partial charge in [-0.25, -0.2) is 0 Å². The van der Waals surface area contributed by atoms with E-state index < -0.39 is 0 Å². The van der Waals surface area contributed by atoms with Gasteiger partial charge >= 0.3 is 0 Å². The topological polar surface area (TPSA) is 25.8 Å². The molecule has 2 nitrogen and oxygen atoms in total. The van der Waals surface area contributed by atoms with E-state index in [1.807, 2.05) is 42.7 Å². The predicted molar refractivity (Wildman–Crippen MR) is 143 cm³/mol. The van der Waals surface area contributed by atoms with Gasteiger partial charge in [-0.3, -0.25) is 9.97 Å². The highest BCUT2D eigenvalue weighted by Gasteiger charge is 2.07. The molecule has 2 heterocycles. The van der Waals surface area contributed by atoms with Crippen LogP contribution in [0.4, 0.5) is 0 Å². The van der Waals surface area contributed by atoms with Crippen LogP contribution >= 0.6 is 11.6 Å². The molecule has 0 aliphatic rings. The number of halogens is 1. The summed E-state index contributed by atoms with van der Waals surface area (Å²) in [6.07, 6.45) is 3.88. The molecule has 6 aromatic rings. The zero-order chi connectivity index (χ0) is 23.1. The molecule has 0 saturated heterocycles. The van der Waals surface area contributed by atoms with Gasteiger partial charge in [0.05, 0.1) is 11.0 Å². The number of aromatic nitrogens is 2. The van der Waals surface area contributed by atoms with Crippen molar-refractivity contribution in [1.82, 2.24) is 9.97 Å². The lowest BCUT2D eigenvalue weighted by Gasteiger charge is -2.09. The number of para-hydroxylation sites is 1. The fraction of sp³-hybridized carbons (Fsp3) is 0.0323. The standard InChI is InChI=1S/C31H21ClN2/c1-20-12-26(16-29(32)13-20)23-10-11-25-15-28(19-34-31(25)17-23)22-8-6-21(7-9-22)27-14-24-4-2-3-5-30(24)33-18-27/h2-19H,1H3. The lowest BCUT2D eigenvalue weighted by molar-refractivity contribution is 1.40. The van der Waals surface area contributed by atoms with Gasteiger partial charge < -0.3 is 0 Å². The van der Waals surface area contributed by atoms with Gasteiger partial charge in [0, 0.05) is 39.3 Å². The third-order valence-electron chi connectivity index (χ3n) is 6.20. The average molecular weight is 457 g/mol. The summed E-state index contributed by atoms with van der Waals surface area (Å²) >= 11 is 6.26. The van der Waals surface area contributed by atoms with Gasteiger partial charge in [-0.05, 0) is 71.1 Å². The van der Waals surface area contributed by atoms with Gasteiger partial charge in [0.2, 0.25) is 0 Å². The summed E-state index contributed by atoms with van der Waals surface area (Å²) in [6.45, 7) is 2.06. The summed E-state index contributed by atoms with van der Waals surface area (Å²) in [5.74, 6) is 0. The first-order chi connectivity index (χ1) is 16.6. The summed E-state index contributed by atoms with van der Waals surface area (Å²) in [7, 11) is 0. The maximum atomic E-state index is 6.26. The van der Waals surface area contributed by atoms with E-state index in [9.17, 15) is 0 Å². The fourth-order valence-corrected chi connectivity index (χ4v) is 4.74. The summed E-state index contributed by atoms with van der Waals surface area (Å²) in [5.41, 5.74) is 9.86. The number of rotatable bonds is 3. The molecule has 0 fully saturated rings. The van der Waals surface area contributed by atoms with Crippen molar-refractivity contribution in [2.75, 3.05) is 0 Å². The van der Waals surface area contributed by atoms with Gasteiger partial charge in [0.1, 0.15) is 0 Å². The quantitative estimate of drug-likeness (QED) is 0.266. The molecule has 0 aliphatic heterocycles. The minimum atomic E-state index is 0.751. The largest absolute Gasteiger partial charge is 0.256 e. The highest BCUT2D eigenvalue weighted by Crippen LogP contribution is 2.30. The van der Waals surface area contributed by atoms with Gasteiger partial charge in [-0.15, -0.1) is 0 Å². The van der Waals surface area contributed by atoms with Crippen LogP contribution in [0.3, 0.4) is 0 Å². The Morgan fingerprint density at radius 2 is 1.12 bits per heavy atom. The second-order valence-corrected chi connectivity index (χ2v) is 9.08. The van der Waals surface area contributed by atoms with Crippen LogP contribution in [0.1, 0.15) is 5.56 Å². The maximum absolute atomic E-state index is 6.26. The van der Waals surface area contributed by atoms with Crippen LogP contribution in [0.25, 0.3) is 55.2 Å². The first-order valence-electron chi connectivity index (χ1n) is 11.3. The fourth-order valence-electron chi connectivity index (χ4n) is 4.45. The molecule has 4 aromatic carbocycles. The highest BCUT2D eigenvalue weighted by molar-refractivity contribution is 6.31. The third kappa shape index (κ3) is 3.93. The second-order valence-electron chi connectivity index (χ2n) is 8.64. The molecule has 0 radical (unpaired) electrons. The second kappa shape index (κ2) is 8.40. The van der Waals surface area contributed by atoms with E-state index in [0.29, 0.717) is 0 Å². The van der Waals surface area contributed by atoms with E-state index in [1.54, 1.807) is 0 Å². The summed E-state index contributed by atoms with van der Waals surface area (Å²) < 4.78 is 0. The van der Waals surface area contributed by atoms with Crippen LogP contribution < -0.4 is 0 Å². The Labute approximate surface area is 203 Å². The number of pyridine rings is 2. The molecule has 0 atom stereocenters. The minimum Gasteiger partial charge on any atom is -0.256 e. The number of nitrogens with zero attached hydrogens (tertiary/aromatic N) is 2. The van der Waals surface area contributed by atoms with Crippen LogP contribution in [-0.2, 0) is 0 Å². The molecule has 0 bridgehead atoms. The first-order valence-corrected chi connectivity index (χ1v) is 11.6. The van der Waals surface area contributed by atoms with E-state index in [2.05, 4.69) is 78.6 Å². The van der Waals surface area contributed by atoms with Gasteiger partial charge in [-0.2, -0.15) is 0 Å². The maximum Gasteiger partial charge on any atom is 0.0708 e. The number of fused-ring (bicyclic) bond motifs is 2. The highest BCUT2D eigenvalue weighted by atomic mass is 35.5. The first kappa shape index (κ1) is 20.6. The summed E-state index contributed by atoms with van der Waals surface area (Å²) in [5, 5.41) is 3.01. The minimum absolute atomic E-state index is 0.751. The molecule has 0 aliphatic carbocycles. The zero-order valence-electron chi connectivity index (χ0n) is 18.7. The SMILES string of the molecule is Cc1cc(Cl)cc(-c2ccc3cc(-c4ccc(-c5cnc6ccccc6c5)cc4)cnc3c2)c1. The Morgan fingerprint density at radius 3 is 1.82 bits per heavy atom. The Kier molecular flexibility index (Phi) is 5.09. The van der Waals surface area contributed by atoms with Crippen molar-refractivity contribution in [3.8, 4) is 33.4 Å². The Morgan fingerprint density at radius 1 is 0.500 bits per heavy atom. The normalized spacial score (nSPS) is 11.2. The number of aryl methyl sites for hydroxylation is 1. The van der Waals surface area contributed by atoms with Crippen LogP contribution in [0.5, 0.6) is 0 Å². The van der Waals surface area contributed by atoms with E-state index in [4.69, 9.17) is 16.6 Å². The van der Waals surface area contributed by atoms with E-state index in [-0.39, 0.29) is 0 Å². The van der Waals surface area contributed by atoms with Gasteiger partial charge in [0.25, 0.3) is 0 Å². The van der Waals surface area contributed by atoms with Crippen molar-refractivity contribution in [1.29, 1.82) is 0 Å². The van der Waals surface area contributed by atoms with Crippen LogP contribution in [0, 0.1) is 6.92 Å². The van der Waals surface area contributed by atoms with Crippen molar-refractivity contribution in [2.45, 2.75) is 6.92 Å². The van der Waals surface area contributed by atoms with Crippen molar-refractivity contribution in [3.63, 3.8) is 0 Å². The summed E-state index contributed by atoms with van der Waals surface area (Å²) in [6, 6.07) is 33.7. The van der Waals surface area contributed by atoms with Crippen LogP contribution in [-0.4, -0.2) is 9.97 Å². The number of hydrogen-bond donors (Lipinski definition) is 0. The zero-order valence-corrected chi connectivity index (χ0v) is 19.4. The Hall–Kier alpha value is -4.01. The number of hydrogen-bond acceptors (Lipinski definition) is 2. The molecule has 0 saturated carbocycles. The third-order valence-corrected chi connectivity index (χ3v) is 6.42. The average Bonchev–Trinajstić information content (AvgIpc) is 2.87. The van der Waals surface area contributed by atoms with Gasteiger partial charge in [-0.1, -0.05) is 72.3 Å². The molecule has 0 amide bonds. The molecule has 0 N–H and O–H groups in total. The van der Waals surface area contributed by atoms with Crippen LogP contribution in [0.2, 0.25) is 5.02 Å². The predicted octanol–water partition coefficient (Wildman–Crippen LogP) is 8.75. The molecule has 3 heteroatoms. The van der Waals surface area contributed by atoms with E-state index >= 15 is 0 Å². The van der Waals surface area contributed by atoms with Crippen molar-refractivity contribution in [3.05, 3.63) is 120 Å². The lowest BCUT2D eigenvalue weighted by atomic mass is 9.99. The van der Waals surface area contributed by atoms with Crippen molar-refractivity contribution >= 4 is 33.4 Å². The van der Waals surface area contributed by atoms with Crippen molar-refractivity contribution in [2.24, 2.45) is 0 Å². The van der Waals surface area contributed by atoms with E-state index in [1.165, 1.54) is 0 Å². The monoisotopic (exact) mass is 456 g/mol. The lowest BCUT2D eigenvalue weighted by Crippen LogP contribution is -1.87.